The summed E-state index contributed by atoms with van der Waals surface area (Å²) in [4.78, 5) is 25.0. The van der Waals surface area contributed by atoms with Crippen molar-refractivity contribution in [3.05, 3.63) is 54.0 Å². The highest BCUT2D eigenvalue weighted by Gasteiger charge is 2.18. The molecule has 2 N–H and O–H groups in total. The Morgan fingerprint density at radius 1 is 1.06 bits per heavy atom. The Bertz CT molecular complexity index is 1330. The highest BCUT2D eigenvalue weighted by molar-refractivity contribution is 6.04. The van der Waals surface area contributed by atoms with Crippen LogP contribution in [0.1, 0.15) is 27.8 Å². The van der Waals surface area contributed by atoms with Gasteiger partial charge >= 0.3 is 5.97 Å². The first-order chi connectivity index (χ1) is 16.5. The minimum Gasteiger partial charge on any atom is -0.493 e. The van der Waals surface area contributed by atoms with Crippen molar-refractivity contribution < 1.29 is 28.5 Å². The number of aromatic nitrogens is 4. The van der Waals surface area contributed by atoms with Crippen LogP contribution in [0.25, 0.3) is 16.8 Å². The number of aromatic amines is 1. The number of rotatable bonds is 8. The number of hydrogen-bond donors (Lipinski definition) is 2. The van der Waals surface area contributed by atoms with Crippen LogP contribution in [-0.4, -0.2) is 59.6 Å². The van der Waals surface area contributed by atoms with Crippen LogP contribution < -0.4 is 19.5 Å². The summed E-state index contributed by atoms with van der Waals surface area (Å²) in [7, 11) is 4.57. The van der Waals surface area contributed by atoms with Gasteiger partial charge in [-0.15, -0.1) is 0 Å². The monoisotopic (exact) mass is 465 g/mol. The summed E-state index contributed by atoms with van der Waals surface area (Å²) in [5.74, 6) is 0.506. The van der Waals surface area contributed by atoms with Crippen molar-refractivity contribution in [3.63, 3.8) is 0 Å². The highest BCUT2D eigenvalue weighted by atomic mass is 16.5. The maximum atomic E-state index is 12.8. The molecule has 11 nitrogen and oxygen atoms in total. The quantitative estimate of drug-likeness (QED) is 0.380. The molecule has 3 aromatic heterocycles. The summed E-state index contributed by atoms with van der Waals surface area (Å²) < 4.78 is 22.7. The molecule has 4 rings (SSSR count). The van der Waals surface area contributed by atoms with E-state index in [1.807, 2.05) is 0 Å². The summed E-state index contributed by atoms with van der Waals surface area (Å²) in [5.41, 5.74) is 2.73. The third-order valence-electron chi connectivity index (χ3n) is 5.06. The van der Waals surface area contributed by atoms with Gasteiger partial charge in [-0.05, 0) is 37.3 Å². The maximum Gasteiger partial charge on any atom is 0.341 e. The third kappa shape index (κ3) is 4.22. The molecular weight excluding hydrogens is 442 g/mol. The molecule has 3 heterocycles. The molecule has 1 aromatic carbocycles. The summed E-state index contributed by atoms with van der Waals surface area (Å²) in [6.07, 6.45) is 3.07. The predicted molar refractivity (Wildman–Crippen MR) is 123 cm³/mol. The van der Waals surface area contributed by atoms with Gasteiger partial charge in [0.25, 0.3) is 5.91 Å². The average Bonchev–Trinajstić information content (AvgIpc) is 3.50. The number of methoxy groups -OCH3 is 3. The van der Waals surface area contributed by atoms with Gasteiger partial charge in [0.15, 0.2) is 11.5 Å². The number of fused-ring (bicyclic) bond motifs is 1. The number of pyridine rings is 1. The zero-order chi connectivity index (χ0) is 24.2. The van der Waals surface area contributed by atoms with Crippen LogP contribution in [0.15, 0.2) is 42.7 Å². The molecule has 0 saturated heterocycles. The van der Waals surface area contributed by atoms with Crippen LogP contribution in [0.2, 0.25) is 0 Å². The standard InChI is InChI=1S/C23H23N5O6/c1-5-34-23(30)15-12-24-28-7-6-14(10-18(15)28)25-22(29)17-11-16(26-27-17)13-8-19(31-2)21(33-4)20(9-13)32-3/h6-12H,5H2,1-4H3,(H,25,29)(H,26,27). The molecule has 0 spiro atoms. The van der Waals surface area contributed by atoms with Crippen LogP contribution in [0.4, 0.5) is 5.69 Å². The van der Waals surface area contributed by atoms with E-state index in [0.717, 1.165) is 0 Å². The molecule has 4 aromatic rings. The maximum absolute atomic E-state index is 12.8. The summed E-state index contributed by atoms with van der Waals surface area (Å²) >= 11 is 0. The Morgan fingerprint density at radius 3 is 2.44 bits per heavy atom. The molecule has 0 fully saturated rings. The normalized spacial score (nSPS) is 10.7. The SMILES string of the molecule is CCOC(=O)c1cnn2ccc(NC(=O)c3cc(-c4cc(OC)c(OC)c(OC)c4)n[nH]3)cc12. The van der Waals surface area contributed by atoms with Crippen molar-refractivity contribution in [3.8, 4) is 28.5 Å². The van der Waals surface area contributed by atoms with E-state index >= 15 is 0 Å². The topological polar surface area (TPSA) is 129 Å². The second kappa shape index (κ2) is 9.53. The van der Waals surface area contributed by atoms with E-state index in [9.17, 15) is 9.59 Å². The lowest BCUT2D eigenvalue weighted by molar-refractivity contribution is 0.0528. The van der Waals surface area contributed by atoms with Gasteiger partial charge in [0.05, 0.1) is 45.3 Å². The molecule has 0 unspecified atom stereocenters. The predicted octanol–water partition coefficient (Wildman–Crippen LogP) is 3.18. The highest BCUT2D eigenvalue weighted by Crippen LogP contribution is 2.40. The number of carbonyl (C=O) groups excluding carboxylic acids is 2. The van der Waals surface area contributed by atoms with E-state index in [1.165, 1.54) is 32.0 Å². The molecule has 0 aliphatic carbocycles. The molecule has 0 atom stereocenters. The summed E-state index contributed by atoms with van der Waals surface area (Å²) in [6, 6.07) is 8.40. The van der Waals surface area contributed by atoms with Crippen LogP contribution in [0.5, 0.6) is 17.2 Å². The molecule has 0 aliphatic heterocycles. The third-order valence-corrected chi connectivity index (χ3v) is 5.06. The Balaban J connectivity index is 1.58. The minimum absolute atomic E-state index is 0.239. The van der Waals surface area contributed by atoms with Crippen LogP contribution in [0, 0.1) is 0 Å². The lowest BCUT2D eigenvalue weighted by Crippen LogP contribution is -2.12. The second-order valence-corrected chi connectivity index (χ2v) is 7.06. The first kappa shape index (κ1) is 22.6. The van der Waals surface area contributed by atoms with Gasteiger partial charge in [-0.2, -0.15) is 10.2 Å². The molecule has 0 radical (unpaired) electrons. The smallest absolute Gasteiger partial charge is 0.341 e. The lowest BCUT2D eigenvalue weighted by atomic mass is 10.1. The lowest BCUT2D eigenvalue weighted by Gasteiger charge is -2.13. The van der Waals surface area contributed by atoms with E-state index in [4.69, 9.17) is 18.9 Å². The molecule has 1 amide bonds. The zero-order valence-corrected chi connectivity index (χ0v) is 19.0. The zero-order valence-electron chi connectivity index (χ0n) is 19.0. The van der Waals surface area contributed by atoms with Gasteiger partial charge in [-0.3, -0.25) is 9.89 Å². The number of anilines is 1. The first-order valence-corrected chi connectivity index (χ1v) is 10.3. The number of ether oxygens (including phenoxy) is 4. The van der Waals surface area contributed by atoms with Crippen molar-refractivity contribution in [2.75, 3.05) is 33.3 Å². The number of esters is 1. The molecule has 0 bridgehead atoms. The average molecular weight is 465 g/mol. The Labute approximate surface area is 194 Å². The number of carbonyl (C=O) groups is 2. The fourth-order valence-electron chi connectivity index (χ4n) is 3.44. The molecular formula is C23H23N5O6. The van der Waals surface area contributed by atoms with Crippen molar-refractivity contribution in [1.82, 2.24) is 19.8 Å². The van der Waals surface area contributed by atoms with Gasteiger partial charge in [0, 0.05) is 17.4 Å². The Kier molecular flexibility index (Phi) is 6.35. The van der Waals surface area contributed by atoms with Crippen molar-refractivity contribution in [2.45, 2.75) is 6.92 Å². The van der Waals surface area contributed by atoms with E-state index in [0.29, 0.717) is 45.3 Å². The van der Waals surface area contributed by atoms with Gasteiger partial charge < -0.3 is 24.3 Å². The number of nitrogens with zero attached hydrogens (tertiary/aromatic N) is 3. The number of nitrogens with one attached hydrogen (secondary N) is 2. The number of benzene rings is 1. The van der Waals surface area contributed by atoms with Crippen LogP contribution in [-0.2, 0) is 4.74 Å². The second-order valence-electron chi connectivity index (χ2n) is 7.06. The van der Waals surface area contributed by atoms with Crippen LogP contribution >= 0.6 is 0 Å². The molecule has 0 saturated carbocycles. The van der Waals surface area contributed by atoms with Crippen molar-refractivity contribution in [1.29, 1.82) is 0 Å². The minimum atomic E-state index is -0.482. The van der Waals surface area contributed by atoms with Crippen LogP contribution in [0.3, 0.4) is 0 Å². The summed E-state index contributed by atoms with van der Waals surface area (Å²) in [5, 5.41) is 13.9. The van der Waals surface area contributed by atoms with E-state index in [-0.39, 0.29) is 12.3 Å². The van der Waals surface area contributed by atoms with E-state index in [1.54, 1.807) is 43.5 Å². The first-order valence-electron chi connectivity index (χ1n) is 10.3. The summed E-state index contributed by atoms with van der Waals surface area (Å²) in [6.45, 7) is 1.98. The number of H-pyrrole nitrogens is 1. The van der Waals surface area contributed by atoms with Crippen molar-refractivity contribution >= 4 is 23.1 Å². The largest absolute Gasteiger partial charge is 0.493 e. The fraction of sp³-hybridized carbons (Fsp3) is 0.217. The number of amides is 1. The molecule has 11 heteroatoms. The van der Waals surface area contributed by atoms with Gasteiger partial charge in [-0.25, -0.2) is 9.31 Å². The number of hydrogen-bond acceptors (Lipinski definition) is 8. The van der Waals surface area contributed by atoms with E-state index in [2.05, 4.69) is 20.6 Å². The van der Waals surface area contributed by atoms with Gasteiger partial charge in [0.2, 0.25) is 5.75 Å². The van der Waals surface area contributed by atoms with Gasteiger partial charge in [-0.1, -0.05) is 0 Å². The molecule has 0 aliphatic rings. The molecule has 176 valence electrons. The van der Waals surface area contributed by atoms with Gasteiger partial charge in [0.1, 0.15) is 11.3 Å². The molecule has 34 heavy (non-hydrogen) atoms. The van der Waals surface area contributed by atoms with Crippen molar-refractivity contribution in [2.24, 2.45) is 0 Å². The Morgan fingerprint density at radius 2 is 1.79 bits per heavy atom. The Hall–Kier alpha value is -4.54. The fourth-order valence-corrected chi connectivity index (χ4v) is 3.44. The van der Waals surface area contributed by atoms with E-state index < -0.39 is 11.9 Å².